The molecule has 1 heterocycles. The summed E-state index contributed by atoms with van der Waals surface area (Å²) >= 11 is 0. The number of nitrogens with zero attached hydrogens (tertiary/aromatic N) is 1. The molecule has 0 spiro atoms. The van der Waals surface area contributed by atoms with E-state index < -0.39 is 39.9 Å². The molecule has 0 aliphatic rings. The van der Waals surface area contributed by atoms with E-state index in [0.29, 0.717) is 6.20 Å². The topological polar surface area (TPSA) is 96.4 Å². The van der Waals surface area contributed by atoms with Gasteiger partial charge >= 0.3 is 18.3 Å². The third-order valence-electron chi connectivity index (χ3n) is 2.08. The number of aromatic nitrogens is 1. The number of carboxylic acids is 1. The SMILES string of the molecule is O=C(O)c1ccc(S(=O)(=O)NCC(F)(F)C(F)F)nc1. The largest absolute Gasteiger partial charge is 0.478 e. The summed E-state index contributed by atoms with van der Waals surface area (Å²) in [5.41, 5.74) is -0.318. The smallest absolute Gasteiger partial charge is 0.337 e. The molecule has 11 heteroatoms. The Morgan fingerprint density at radius 3 is 2.40 bits per heavy atom. The first-order valence-electron chi connectivity index (χ1n) is 4.91. The monoisotopic (exact) mass is 316 g/mol. The van der Waals surface area contributed by atoms with Crippen molar-refractivity contribution in [3.8, 4) is 0 Å². The van der Waals surface area contributed by atoms with E-state index in [1.807, 2.05) is 0 Å². The fourth-order valence-electron chi connectivity index (χ4n) is 1.01. The molecular formula is C9H8F4N2O4S. The molecule has 0 aliphatic heterocycles. The van der Waals surface area contributed by atoms with Crippen LogP contribution in [0.4, 0.5) is 17.6 Å². The molecule has 0 radical (unpaired) electrons. The number of halogens is 4. The second-order valence-electron chi connectivity index (χ2n) is 3.58. The maximum absolute atomic E-state index is 12.6. The van der Waals surface area contributed by atoms with Gasteiger partial charge in [0.2, 0.25) is 0 Å². The summed E-state index contributed by atoms with van der Waals surface area (Å²) in [7, 11) is -4.54. The summed E-state index contributed by atoms with van der Waals surface area (Å²) in [5, 5.41) is 7.81. The van der Waals surface area contributed by atoms with Crippen LogP contribution in [0.15, 0.2) is 23.4 Å². The van der Waals surface area contributed by atoms with Gasteiger partial charge in [-0.2, -0.15) is 8.78 Å². The zero-order chi connectivity index (χ0) is 15.6. The number of alkyl halides is 4. The van der Waals surface area contributed by atoms with Gasteiger partial charge in [-0.15, -0.1) is 0 Å². The Hall–Kier alpha value is -1.75. The standard InChI is InChI=1S/C9H8F4N2O4S/c10-8(11)9(12,13)4-15-20(18,19)6-2-1-5(3-14-6)7(16)17/h1-3,8,15H,4H2,(H,16,17). The normalized spacial score (nSPS) is 12.7. The molecule has 0 amide bonds. The lowest BCUT2D eigenvalue weighted by Crippen LogP contribution is -2.41. The minimum absolute atomic E-state index is 0.318. The molecule has 0 aliphatic carbocycles. The summed E-state index contributed by atoms with van der Waals surface area (Å²) < 4.78 is 73.2. The molecule has 0 saturated carbocycles. The first-order chi connectivity index (χ1) is 9.06. The van der Waals surface area contributed by atoms with Crippen LogP contribution in [0.2, 0.25) is 0 Å². The van der Waals surface area contributed by atoms with Crippen molar-refractivity contribution in [3.63, 3.8) is 0 Å². The van der Waals surface area contributed by atoms with Crippen LogP contribution in [0.1, 0.15) is 10.4 Å². The van der Waals surface area contributed by atoms with Gasteiger partial charge in [0, 0.05) is 6.20 Å². The Labute approximate surface area is 110 Å². The van der Waals surface area contributed by atoms with Gasteiger partial charge in [0.05, 0.1) is 12.1 Å². The van der Waals surface area contributed by atoms with Crippen LogP contribution in [0, 0.1) is 0 Å². The van der Waals surface area contributed by atoms with Crippen LogP contribution in [0.25, 0.3) is 0 Å². The highest BCUT2D eigenvalue weighted by atomic mass is 32.2. The van der Waals surface area contributed by atoms with Crippen molar-refractivity contribution in [2.24, 2.45) is 0 Å². The number of aromatic carboxylic acids is 1. The first kappa shape index (κ1) is 16.3. The van der Waals surface area contributed by atoms with Gasteiger partial charge in [0.15, 0.2) is 5.03 Å². The molecule has 1 aromatic rings. The predicted octanol–water partition coefficient (Wildman–Crippen LogP) is 0.959. The van der Waals surface area contributed by atoms with E-state index in [2.05, 4.69) is 4.98 Å². The molecule has 0 aromatic carbocycles. The first-order valence-corrected chi connectivity index (χ1v) is 6.39. The van der Waals surface area contributed by atoms with Crippen LogP contribution in [0.5, 0.6) is 0 Å². The van der Waals surface area contributed by atoms with Gasteiger partial charge in [-0.05, 0) is 12.1 Å². The van der Waals surface area contributed by atoms with E-state index in [4.69, 9.17) is 5.11 Å². The van der Waals surface area contributed by atoms with Crippen molar-refractivity contribution in [2.45, 2.75) is 17.4 Å². The average Bonchev–Trinajstić information content (AvgIpc) is 2.36. The Morgan fingerprint density at radius 2 is 2.00 bits per heavy atom. The Kier molecular flexibility index (Phi) is 4.65. The second kappa shape index (κ2) is 5.71. The zero-order valence-electron chi connectivity index (χ0n) is 9.56. The molecule has 0 fully saturated rings. The van der Waals surface area contributed by atoms with Crippen LogP contribution in [-0.2, 0) is 10.0 Å². The minimum atomic E-state index is -4.54. The summed E-state index contributed by atoms with van der Waals surface area (Å²) in [6, 6.07) is 1.64. The highest BCUT2D eigenvalue weighted by Crippen LogP contribution is 2.22. The van der Waals surface area contributed by atoms with E-state index in [-0.39, 0.29) is 5.56 Å². The number of nitrogens with one attached hydrogen (secondary N) is 1. The van der Waals surface area contributed by atoms with Gasteiger partial charge in [-0.3, -0.25) is 0 Å². The fraction of sp³-hybridized carbons (Fsp3) is 0.333. The summed E-state index contributed by atoms with van der Waals surface area (Å²) in [6.07, 6.45) is -3.32. The second-order valence-corrected chi connectivity index (χ2v) is 5.29. The Morgan fingerprint density at radius 1 is 1.40 bits per heavy atom. The van der Waals surface area contributed by atoms with E-state index in [1.54, 1.807) is 0 Å². The Bertz CT molecular complexity index is 588. The lowest BCUT2D eigenvalue weighted by molar-refractivity contribution is -0.122. The van der Waals surface area contributed by atoms with Gasteiger partial charge < -0.3 is 5.11 Å². The molecule has 0 bridgehead atoms. The molecular weight excluding hydrogens is 308 g/mol. The number of hydrogen-bond acceptors (Lipinski definition) is 4. The zero-order valence-corrected chi connectivity index (χ0v) is 10.4. The molecule has 0 unspecified atom stereocenters. The van der Waals surface area contributed by atoms with E-state index in [0.717, 1.165) is 12.1 Å². The molecule has 1 aromatic heterocycles. The highest BCUT2D eigenvalue weighted by Gasteiger charge is 2.41. The number of hydrogen-bond donors (Lipinski definition) is 2. The number of carboxylic acid groups (broad SMARTS) is 1. The lowest BCUT2D eigenvalue weighted by atomic mass is 10.3. The highest BCUT2D eigenvalue weighted by molar-refractivity contribution is 7.89. The van der Waals surface area contributed by atoms with Crippen LogP contribution < -0.4 is 4.72 Å². The third kappa shape index (κ3) is 3.87. The average molecular weight is 316 g/mol. The number of sulfonamides is 1. The van der Waals surface area contributed by atoms with Crippen LogP contribution in [-0.4, -0.2) is 43.4 Å². The molecule has 0 saturated heterocycles. The van der Waals surface area contributed by atoms with Gasteiger partial charge in [-0.1, -0.05) is 0 Å². The number of carbonyl (C=O) groups is 1. The van der Waals surface area contributed by atoms with E-state index in [1.165, 1.54) is 4.72 Å². The Balaban J connectivity index is 2.87. The quantitative estimate of drug-likeness (QED) is 0.762. The fourth-order valence-corrected chi connectivity index (χ4v) is 1.98. The van der Waals surface area contributed by atoms with Crippen molar-refractivity contribution in [1.82, 2.24) is 9.71 Å². The number of rotatable bonds is 6. The molecule has 0 atom stereocenters. The van der Waals surface area contributed by atoms with Gasteiger partial charge in [0.25, 0.3) is 10.0 Å². The summed E-state index contributed by atoms with van der Waals surface area (Å²) in [4.78, 5) is 13.8. The van der Waals surface area contributed by atoms with Gasteiger partial charge in [-0.25, -0.2) is 31.7 Å². The van der Waals surface area contributed by atoms with Crippen molar-refractivity contribution < 1.29 is 35.9 Å². The van der Waals surface area contributed by atoms with Gasteiger partial charge in [0.1, 0.15) is 0 Å². The molecule has 112 valence electrons. The van der Waals surface area contributed by atoms with Crippen LogP contribution in [0.3, 0.4) is 0 Å². The third-order valence-corrected chi connectivity index (χ3v) is 3.39. The predicted molar refractivity (Wildman–Crippen MR) is 57.3 cm³/mol. The molecule has 2 N–H and O–H groups in total. The maximum Gasteiger partial charge on any atom is 0.337 e. The summed E-state index contributed by atoms with van der Waals surface area (Å²) in [5.74, 6) is -5.88. The van der Waals surface area contributed by atoms with Crippen LogP contribution >= 0.6 is 0 Å². The minimum Gasteiger partial charge on any atom is -0.478 e. The molecule has 1 rings (SSSR count). The number of pyridine rings is 1. The molecule has 6 nitrogen and oxygen atoms in total. The van der Waals surface area contributed by atoms with Crippen molar-refractivity contribution >= 4 is 16.0 Å². The summed E-state index contributed by atoms with van der Waals surface area (Å²) in [6.45, 7) is -1.80. The maximum atomic E-state index is 12.6. The van der Waals surface area contributed by atoms with Crippen molar-refractivity contribution in [2.75, 3.05) is 6.54 Å². The van der Waals surface area contributed by atoms with Crippen molar-refractivity contribution in [1.29, 1.82) is 0 Å². The van der Waals surface area contributed by atoms with E-state index in [9.17, 15) is 30.8 Å². The lowest BCUT2D eigenvalue weighted by Gasteiger charge is -2.15. The van der Waals surface area contributed by atoms with E-state index >= 15 is 0 Å². The molecule has 20 heavy (non-hydrogen) atoms. The van der Waals surface area contributed by atoms with Crippen molar-refractivity contribution in [3.05, 3.63) is 23.9 Å².